The zero-order valence-electron chi connectivity index (χ0n) is 17.1. The van der Waals surface area contributed by atoms with Crippen LogP contribution in [0.1, 0.15) is 39.5 Å². The van der Waals surface area contributed by atoms with Gasteiger partial charge in [0.1, 0.15) is 5.75 Å². The minimum absolute atomic E-state index is 0.643. The van der Waals surface area contributed by atoms with Crippen LogP contribution >= 0.6 is 0 Å². The van der Waals surface area contributed by atoms with Crippen molar-refractivity contribution >= 4 is 17.1 Å². The molecule has 0 aliphatic rings. The van der Waals surface area contributed by atoms with Gasteiger partial charge in [-0.25, -0.2) is 0 Å². The summed E-state index contributed by atoms with van der Waals surface area (Å²) in [6.45, 7) is 5.30. The number of benzene rings is 3. The Kier molecular flexibility index (Phi) is 7.54. The molecule has 0 N–H and O–H groups in total. The molecule has 2 nitrogen and oxygen atoms in total. The highest BCUT2D eigenvalue weighted by Crippen LogP contribution is 2.34. The molecule has 0 aromatic heterocycles. The van der Waals surface area contributed by atoms with Crippen molar-refractivity contribution in [2.45, 2.75) is 39.5 Å². The Labute approximate surface area is 169 Å². The van der Waals surface area contributed by atoms with E-state index in [1.807, 2.05) is 12.1 Å². The van der Waals surface area contributed by atoms with Crippen molar-refractivity contribution in [2.24, 2.45) is 5.92 Å². The van der Waals surface area contributed by atoms with E-state index < -0.39 is 0 Å². The van der Waals surface area contributed by atoms with E-state index in [-0.39, 0.29) is 0 Å². The SMILES string of the molecule is CCCCC(CC)COc1ccc(N(c2ccccc2)c2ccccc2)cc1. The third kappa shape index (κ3) is 5.39. The number of unbranched alkanes of at least 4 members (excludes halogenated alkanes) is 1. The van der Waals surface area contributed by atoms with Crippen molar-refractivity contribution in [3.63, 3.8) is 0 Å². The van der Waals surface area contributed by atoms with Crippen LogP contribution in [-0.2, 0) is 0 Å². The average molecular weight is 374 g/mol. The summed E-state index contributed by atoms with van der Waals surface area (Å²) in [4.78, 5) is 2.26. The first-order chi connectivity index (χ1) is 13.8. The molecule has 2 heteroatoms. The molecule has 3 aromatic rings. The lowest BCUT2D eigenvalue weighted by molar-refractivity contribution is 0.233. The molecule has 0 radical (unpaired) electrons. The Bertz CT molecular complexity index is 759. The third-order valence-corrected chi connectivity index (χ3v) is 5.15. The van der Waals surface area contributed by atoms with E-state index in [0.29, 0.717) is 5.92 Å². The van der Waals surface area contributed by atoms with Gasteiger partial charge < -0.3 is 9.64 Å². The van der Waals surface area contributed by atoms with Gasteiger partial charge in [-0.1, -0.05) is 69.5 Å². The minimum Gasteiger partial charge on any atom is -0.493 e. The fraction of sp³-hybridized carbons (Fsp3) is 0.308. The fourth-order valence-corrected chi connectivity index (χ4v) is 3.40. The summed E-state index contributed by atoms with van der Waals surface area (Å²) in [5.74, 6) is 1.59. The van der Waals surface area contributed by atoms with Gasteiger partial charge in [-0.05, 0) is 60.9 Å². The van der Waals surface area contributed by atoms with E-state index in [2.05, 4.69) is 91.5 Å². The summed E-state index contributed by atoms with van der Waals surface area (Å²) in [6, 6.07) is 29.4. The molecule has 0 heterocycles. The molecule has 0 spiro atoms. The van der Waals surface area contributed by atoms with Gasteiger partial charge in [-0.3, -0.25) is 0 Å². The number of anilines is 3. The summed E-state index contributed by atoms with van der Waals surface area (Å²) < 4.78 is 6.08. The molecular weight excluding hydrogens is 342 g/mol. The zero-order valence-corrected chi connectivity index (χ0v) is 17.1. The quantitative estimate of drug-likeness (QED) is 0.360. The van der Waals surface area contributed by atoms with Crippen molar-refractivity contribution in [1.29, 1.82) is 0 Å². The predicted octanol–water partition coefficient (Wildman–Crippen LogP) is 7.75. The van der Waals surface area contributed by atoms with Crippen LogP contribution in [-0.4, -0.2) is 6.61 Å². The lowest BCUT2D eigenvalue weighted by Crippen LogP contribution is -2.12. The van der Waals surface area contributed by atoms with Crippen molar-refractivity contribution in [3.8, 4) is 5.75 Å². The summed E-state index contributed by atoms with van der Waals surface area (Å²) in [7, 11) is 0. The van der Waals surface area contributed by atoms with Gasteiger partial charge in [0.25, 0.3) is 0 Å². The minimum atomic E-state index is 0.643. The van der Waals surface area contributed by atoms with Crippen LogP contribution in [0.15, 0.2) is 84.9 Å². The Morgan fingerprint density at radius 1 is 0.714 bits per heavy atom. The second kappa shape index (κ2) is 10.6. The lowest BCUT2D eigenvalue weighted by atomic mass is 10.0. The van der Waals surface area contributed by atoms with E-state index in [0.717, 1.165) is 29.4 Å². The standard InChI is InChI=1S/C26H31NO/c1-3-5-12-22(4-2)21-28-26-19-17-25(18-20-26)27(23-13-8-6-9-14-23)24-15-10-7-11-16-24/h6-11,13-20,22H,3-5,12,21H2,1-2H3. The van der Waals surface area contributed by atoms with Crippen LogP contribution in [0.2, 0.25) is 0 Å². The molecule has 0 aliphatic heterocycles. The number of nitrogens with zero attached hydrogens (tertiary/aromatic N) is 1. The van der Waals surface area contributed by atoms with E-state index >= 15 is 0 Å². The molecule has 0 aliphatic carbocycles. The molecule has 0 saturated heterocycles. The van der Waals surface area contributed by atoms with Crippen molar-refractivity contribution < 1.29 is 4.74 Å². The molecule has 0 fully saturated rings. The molecule has 3 aromatic carbocycles. The Morgan fingerprint density at radius 2 is 1.25 bits per heavy atom. The summed E-state index contributed by atoms with van der Waals surface area (Å²) in [5, 5.41) is 0. The normalized spacial score (nSPS) is 11.8. The molecular formula is C26H31NO. The van der Waals surface area contributed by atoms with Crippen molar-refractivity contribution in [3.05, 3.63) is 84.9 Å². The van der Waals surface area contributed by atoms with Crippen LogP contribution in [0.25, 0.3) is 0 Å². The lowest BCUT2D eigenvalue weighted by Gasteiger charge is -2.25. The Morgan fingerprint density at radius 3 is 1.75 bits per heavy atom. The third-order valence-electron chi connectivity index (χ3n) is 5.15. The van der Waals surface area contributed by atoms with E-state index in [1.54, 1.807) is 0 Å². The fourth-order valence-electron chi connectivity index (χ4n) is 3.40. The van der Waals surface area contributed by atoms with Crippen LogP contribution in [0.4, 0.5) is 17.1 Å². The molecule has 28 heavy (non-hydrogen) atoms. The molecule has 3 rings (SSSR count). The number of hydrogen-bond acceptors (Lipinski definition) is 2. The highest BCUT2D eigenvalue weighted by atomic mass is 16.5. The highest BCUT2D eigenvalue weighted by molar-refractivity contribution is 5.76. The Hall–Kier alpha value is -2.74. The zero-order chi connectivity index (χ0) is 19.6. The number of para-hydroxylation sites is 2. The van der Waals surface area contributed by atoms with Gasteiger partial charge in [0.2, 0.25) is 0 Å². The first kappa shape index (κ1) is 20.0. The molecule has 1 unspecified atom stereocenters. The summed E-state index contributed by atoms with van der Waals surface area (Å²) in [5.41, 5.74) is 3.42. The predicted molar refractivity (Wildman–Crippen MR) is 120 cm³/mol. The van der Waals surface area contributed by atoms with Gasteiger partial charge in [0, 0.05) is 17.1 Å². The van der Waals surface area contributed by atoms with Gasteiger partial charge >= 0.3 is 0 Å². The first-order valence-electron chi connectivity index (χ1n) is 10.4. The van der Waals surface area contributed by atoms with Gasteiger partial charge in [-0.15, -0.1) is 0 Å². The Balaban J connectivity index is 1.76. The molecule has 0 saturated carbocycles. The smallest absolute Gasteiger partial charge is 0.119 e. The van der Waals surface area contributed by atoms with Crippen LogP contribution < -0.4 is 9.64 Å². The van der Waals surface area contributed by atoms with Crippen molar-refractivity contribution in [2.75, 3.05) is 11.5 Å². The average Bonchev–Trinajstić information content (AvgIpc) is 2.76. The second-order valence-electron chi connectivity index (χ2n) is 7.23. The maximum absolute atomic E-state index is 6.08. The van der Waals surface area contributed by atoms with E-state index in [9.17, 15) is 0 Å². The van der Waals surface area contributed by atoms with Gasteiger partial charge in [0.15, 0.2) is 0 Å². The molecule has 1 atom stereocenters. The topological polar surface area (TPSA) is 12.5 Å². The summed E-state index contributed by atoms with van der Waals surface area (Å²) in [6.07, 6.45) is 4.96. The molecule has 146 valence electrons. The number of ether oxygens (including phenoxy) is 1. The summed E-state index contributed by atoms with van der Waals surface area (Å²) >= 11 is 0. The van der Waals surface area contributed by atoms with Gasteiger partial charge in [0.05, 0.1) is 6.61 Å². The van der Waals surface area contributed by atoms with Gasteiger partial charge in [-0.2, -0.15) is 0 Å². The first-order valence-corrected chi connectivity index (χ1v) is 10.4. The van der Waals surface area contributed by atoms with E-state index in [4.69, 9.17) is 4.74 Å². The number of hydrogen-bond donors (Lipinski definition) is 0. The number of rotatable bonds is 10. The van der Waals surface area contributed by atoms with Crippen LogP contribution in [0.3, 0.4) is 0 Å². The highest BCUT2D eigenvalue weighted by Gasteiger charge is 2.12. The van der Waals surface area contributed by atoms with Crippen LogP contribution in [0, 0.1) is 5.92 Å². The van der Waals surface area contributed by atoms with E-state index in [1.165, 1.54) is 25.7 Å². The second-order valence-corrected chi connectivity index (χ2v) is 7.23. The van der Waals surface area contributed by atoms with Crippen molar-refractivity contribution in [1.82, 2.24) is 0 Å². The maximum Gasteiger partial charge on any atom is 0.119 e. The maximum atomic E-state index is 6.08. The molecule has 0 bridgehead atoms. The monoisotopic (exact) mass is 373 g/mol. The van der Waals surface area contributed by atoms with Crippen LogP contribution in [0.5, 0.6) is 5.75 Å². The molecule has 0 amide bonds. The largest absolute Gasteiger partial charge is 0.493 e.